The second kappa shape index (κ2) is 5.70. The number of ether oxygens (including phenoxy) is 1. The number of hydrogen-bond acceptors (Lipinski definition) is 2. The largest absolute Gasteiger partial charge is 0.369 e. The third-order valence-electron chi connectivity index (χ3n) is 3.04. The van der Waals surface area contributed by atoms with Crippen molar-refractivity contribution in [3.63, 3.8) is 0 Å². The van der Waals surface area contributed by atoms with Gasteiger partial charge in [-0.2, -0.15) is 0 Å². The van der Waals surface area contributed by atoms with Crippen LogP contribution in [-0.2, 0) is 4.74 Å². The Bertz CT molecular complexity index is 399. The maximum Gasteiger partial charge on any atom is 0.0967 e. The van der Waals surface area contributed by atoms with Crippen molar-refractivity contribution in [2.75, 3.05) is 6.54 Å². The first-order chi connectivity index (χ1) is 8.06. The van der Waals surface area contributed by atoms with Crippen molar-refractivity contribution in [2.45, 2.75) is 38.5 Å². The normalized spacial score (nSPS) is 30.0. The van der Waals surface area contributed by atoms with Crippen LogP contribution in [0, 0.1) is 0 Å². The molecule has 2 nitrogen and oxygen atoms in total. The highest BCUT2D eigenvalue weighted by atomic mass is 79.9. The molecule has 3 atom stereocenters. The quantitative estimate of drug-likeness (QED) is 0.847. The van der Waals surface area contributed by atoms with Gasteiger partial charge in [-0.1, -0.05) is 33.6 Å². The van der Waals surface area contributed by atoms with E-state index in [1.165, 1.54) is 0 Å². The van der Waals surface area contributed by atoms with E-state index < -0.39 is 0 Å². The molecule has 1 aliphatic heterocycles. The Balaban J connectivity index is 2.20. The molecule has 0 saturated carbocycles. The molecule has 3 unspecified atom stereocenters. The molecule has 1 saturated heterocycles. The van der Waals surface area contributed by atoms with Crippen LogP contribution in [0.2, 0.25) is 5.02 Å². The van der Waals surface area contributed by atoms with Crippen LogP contribution < -0.4 is 5.32 Å². The molecule has 0 radical (unpaired) electrons. The monoisotopic (exact) mass is 317 g/mol. The molecule has 1 N–H and O–H groups in total. The third-order valence-corrected chi connectivity index (χ3v) is 3.86. The van der Waals surface area contributed by atoms with Crippen molar-refractivity contribution in [1.82, 2.24) is 5.32 Å². The van der Waals surface area contributed by atoms with E-state index in [0.29, 0.717) is 6.04 Å². The van der Waals surface area contributed by atoms with Gasteiger partial charge >= 0.3 is 0 Å². The smallest absolute Gasteiger partial charge is 0.0967 e. The van der Waals surface area contributed by atoms with Gasteiger partial charge in [-0.3, -0.25) is 0 Å². The van der Waals surface area contributed by atoms with Crippen molar-refractivity contribution in [3.05, 3.63) is 33.3 Å². The fourth-order valence-electron chi connectivity index (χ4n) is 2.22. The van der Waals surface area contributed by atoms with E-state index in [1.54, 1.807) is 0 Å². The molecule has 1 aliphatic rings. The van der Waals surface area contributed by atoms with Gasteiger partial charge in [0.05, 0.1) is 12.2 Å². The van der Waals surface area contributed by atoms with Gasteiger partial charge in [0.15, 0.2) is 0 Å². The Morgan fingerprint density at radius 2 is 2.18 bits per heavy atom. The lowest BCUT2D eigenvalue weighted by molar-refractivity contribution is 0.00723. The highest BCUT2D eigenvalue weighted by molar-refractivity contribution is 9.10. The van der Waals surface area contributed by atoms with Gasteiger partial charge in [0, 0.05) is 27.6 Å². The summed E-state index contributed by atoms with van der Waals surface area (Å²) in [7, 11) is 0. The summed E-state index contributed by atoms with van der Waals surface area (Å²) in [5, 5.41) is 4.23. The lowest BCUT2D eigenvalue weighted by Crippen LogP contribution is -2.28. The molecule has 1 aromatic rings. The molecule has 4 heteroatoms. The van der Waals surface area contributed by atoms with Gasteiger partial charge in [0.1, 0.15) is 0 Å². The van der Waals surface area contributed by atoms with Gasteiger partial charge in [-0.05, 0) is 32.4 Å². The zero-order valence-electron chi connectivity index (χ0n) is 10.0. The highest BCUT2D eigenvalue weighted by Gasteiger charge is 2.23. The Labute approximate surface area is 116 Å². The van der Waals surface area contributed by atoms with Crippen LogP contribution in [0.4, 0.5) is 0 Å². The minimum atomic E-state index is 0.0375. The van der Waals surface area contributed by atoms with Crippen LogP contribution in [0.5, 0.6) is 0 Å². The van der Waals surface area contributed by atoms with Gasteiger partial charge in [-0.15, -0.1) is 0 Å². The molecule has 0 bridgehead atoms. The van der Waals surface area contributed by atoms with E-state index in [2.05, 4.69) is 35.1 Å². The molecule has 0 amide bonds. The molecule has 17 heavy (non-hydrogen) atoms. The summed E-state index contributed by atoms with van der Waals surface area (Å²) in [5.74, 6) is 0. The number of benzene rings is 1. The van der Waals surface area contributed by atoms with E-state index >= 15 is 0 Å². The van der Waals surface area contributed by atoms with Crippen molar-refractivity contribution >= 4 is 27.5 Å². The SMILES string of the molecule is CC1CC(C)OC(c2ccc(Br)cc2Cl)CN1. The van der Waals surface area contributed by atoms with Gasteiger partial charge in [0.25, 0.3) is 0 Å². The first-order valence-corrected chi connectivity index (χ1v) is 7.07. The number of nitrogens with one attached hydrogen (secondary N) is 1. The lowest BCUT2D eigenvalue weighted by Gasteiger charge is -2.20. The summed E-state index contributed by atoms with van der Waals surface area (Å²) >= 11 is 9.68. The fraction of sp³-hybridized carbons (Fsp3) is 0.538. The van der Waals surface area contributed by atoms with Crippen LogP contribution in [0.25, 0.3) is 0 Å². The minimum absolute atomic E-state index is 0.0375. The van der Waals surface area contributed by atoms with E-state index in [4.69, 9.17) is 16.3 Å². The molecule has 94 valence electrons. The first kappa shape index (κ1) is 13.3. The van der Waals surface area contributed by atoms with Gasteiger partial charge in [0.2, 0.25) is 0 Å². The van der Waals surface area contributed by atoms with E-state index in [9.17, 15) is 0 Å². The van der Waals surface area contributed by atoms with Crippen LogP contribution in [-0.4, -0.2) is 18.7 Å². The summed E-state index contributed by atoms with van der Waals surface area (Å²) in [6.07, 6.45) is 1.32. The zero-order valence-corrected chi connectivity index (χ0v) is 12.4. The second-order valence-electron chi connectivity index (χ2n) is 4.65. The zero-order chi connectivity index (χ0) is 12.4. The molecule has 0 aliphatic carbocycles. The molecular weight excluding hydrogens is 302 g/mol. The molecule has 2 rings (SSSR count). The van der Waals surface area contributed by atoms with Crippen LogP contribution in [0.3, 0.4) is 0 Å². The summed E-state index contributed by atoms with van der Waals surface area (Å²) < 4.78 is 7.02. The average Bonchev–Trinajstić information content (AvgIpc) is 2.39. The standard InChI is InChI=1S/C13H17BrClNO/c1-8-5-9(2)17-13(7-16-8)11-4-3-10(14)6-12(11)15/h3-4,6,8-9,13,16H,5,7H2,1-2H3. The van der Waals surface area contributed by atoms with Gasteiger partial charge < -0.3 is 10.1 Å². The average molecular weight is 319 g/mol. The molecule has 0 aromatic heterocycles. The van der Waals surface area contributed by atoms with Crippen LogP contribution in [0.1, 0.15) is 31.9 Å². The van der Waals surface area contributed by atoms with Crippen LogP contribution in [0.15, 0.2) is 22.7 Å². The second-order valence-corrected chi connectivity index (χ2v) is 5.97. The highest BCUT2D eigenvalue weighted by Crippen LogP contribution is 2.30. The van der Waals surface area contributed by atoms with E-state index in [1.807, 2.05) is 18.2 Å². The van der Waals surface area contributed by atoms with Crippen LogP contribution >= 0.6 is 27.5 Å². The van der Waals surface area contributed by atoms with E-state index in [-0.39, 0.29) is 12.2 Å². The summed E-state index contributed by atoms with van der Waals surface area (Å²) in [4.78, 5) is 0. The van der Waals surface area contributed by atoms with Crippen molar-refractivity contribution in [3.8, 4) is 0 Å². The maximum absolute atomic E-state index is 6.26. The van der Waals surface area contributed by atoms with E-state index in [0.717, 1.165) is 28.0 Å². The Morgan fingerprint density at radius 1 is 1.41 bits per heavy atom. The molecule has 1 aromatic carbocycles. The van der Waals surface area contributed by atoms with Crippen molar-refractivity contribution < 1.29 is 4.74 Å². The lowest BCUT2D eigenvalue weighted by atomic mass is 10.1. The summed E-state index contributed by atoms with van der Waals surface area (Å²) in [5.41, 5.74) is 1.06. The number of hydrogen-bond donors (Lipinski definition) is 1. The minimum Gasteiger partial charge on any atom is -0.369 e. The first-order valence-electron chi connectivity index (χ1n) is 5.90. The summed E-state index contributed by atoms with van der Waals surface area (Å²) in [6, 6.07) is 6.44. The topological polar surface area (TPSA) is 21.3 Å². The van der Waals surface area contributed by atoms with Crippen molar-refractivity contribution in [2.24, 2.45) is 0 Å². The fourth-order valence-corrected chi connectivity index (χ4v) is 3.01. The maximum atomic E-state index is 6.26. The molecule has 1 fully saturated rings. The predicted octanol–water partition coefficient (Wildman–Crippen LogP) is 3.93. The summed E-state index contributed by atoms with van der Waals surface area (Å²) in [6.45, 7) is 5.11. The number of halogens is 2. The molecule has 1 heterocycles. The Hall–Kier alpha value is -0.0900. The molecule has 0 spiro atoms. The van der Waals surface area contributed by atoms with Crippen molar-refractivity contribution in [1.29, 1.82) is 0 Å². The Kier molecular flexibility index (Phi) is 4.47. The third kappa shape index (κ3) is 3.44. The number of rotatable bonds is 1. The van der Waals surface area contributed by atoms with Gasteiger partial charge in [-0.25, -0.2) is 0 Å². The molecular formula is C13H17BrClNO. The predicted molar refractivity (Wildman–Crippen MR) is 74.5 cm³/mol. The Morgan fingerprint density at radius 3 is 2.88 bits per heavy atom.